The highest BCUT2D eigenvalue weighted by atomic mass is 79.9. The average molecular weight is 540 g/mol. The molecule has 0 radical (unpaired) electrons. The van der Waals surface area contributed by atoms with Crippen LogP contribution in [-0.2, 0) is 16.2 Å². The highest BCUT2D eigenvalue weighted by Crippen LogP contribution is 2.30. The van der Waals surface area contributed by atoms with E-state index >= 15 is 0 Å². The Kier molecular flexibility index (Phi) is 6.86. The van der Waals surface area contributed by atoms with Gasteiger partial charge in [-0.05, 0) is 76.8 Å². The Morgan fingerprint density at radius 2 is 1.74 bits per heavy atom. The minimum absolute atomic E-state index is 0.170. The second kappa shape index (κ2) is 9.83. The molecule has 0 spiro atoms. The molecule has 4 amide bonds. The molecular weight excluding hydrogens is 520 g/mol. The number of barbiturate groups is 1. The molecule has 0 aromatic heterocycles. The maximum Gasteiger partial charge on any atom is 0.335 e. The van der Waals surface area contributed by atoms with E-state index in [2.05, 4.69) is 21.2 Å². The summed E-state index contributed by atoms with van der Waals surface area (Å²) in [5.41, 5.74) is 3.71. The van der Waals surface area contributed by atoms with Crippen LogP contribution in [0.2, 0.25) is 5.02 Å². The van der Waals surface area contributed by atoms with Gasteiger partial charge in [0.2, 0.25) is 0 Å². The van der Waals surface area contributed by atoms with Crippen LogP contribution in [0.15, 0.2) is 70.7 Å². The molecule has 172 valence electrons. The Morgan fingerprint density at radius 3 is 2.41 bits per heavy atom. The summed E-state index contributed by atoms with van der Waals surface area (Å²) in [4.78, 5) is 38.8. The van der Waals surface area contributed by atoms with Crippen LogP contribution in [0.5, 0.6) is 5.75 Å². The van der Waals surface area contributed by atoms with Crippen LogP contribution in [0.1, 0.15) is 22.3 Å². The number of carbonyl (C=O) groups is 3. The van der Waals surface area contributed by atoms with Gasteiger partial charge in [0.1, 0.15) is 17.9 Å². The third-order valence-corrected chi connectivity index (χ3v) is 6.32. The summed E-state index contributed by atoms with van der Waals surface area (Å²) in [7, 11) is 0. The normalized spacial score (nSPS) is 15.0. The molecule has 1 heterocycles. The summed E-state index contributed by atoms with van der Waals surface area (Å²) < 4.78 is 6.54. The fraction of sp³-hybridized carbons (Fsp3) is 0.115. The number of benzene rings is 3. The zero-order valence-corrected chi connectivity index (χ0v) is 20.7. The van der Waals surface area contributed by atoms with E-state index in [1.807, 2.05) is 38.1 Å². The molecule has 0 aliphatic carbocycles. The van der Waals surface area contributed by atoms with Gasteiger partial charge in [0.25, 0.3) is 11.8 Å². The zero-order chi connectivity index (χ0) is 24.4. The summed E-state index contributed by atoms with van der Waals surface area (Å²) in [6.45, 7) is 4.23. The molecule has 4 rings (SSSR count). The summed E-state index contributed by atoms with van der Waals surface area (Å²) in [5.74, 6) is -0.877. The highest BCUT2D eigenvalue weighted by molar-refractivity contribution is 9.10. The van der Waals surface area contributed by atoms with Gasteiger partial charge in [0, 0.05) is 5.02 Å². The molecule has 6 nitrogen and oxygen atoms in total. The number of ether oxygens (including phenoxy) is 1. The Balaban J connectivity index is 1.56. The third-order valence-electron chi connectivity index (χ3n) is 5.30. The van der Waals surface area contributed by atoms with Crippen LogP contribution in [0, 0.1) is 13.8 Å². The van der Waals surface area contributed by atoms with Crippen LogP contribution in [0.3, 0.4) is 0 Å². The fourth-order valence-corrected chi connectivity index (χ4v) is 4.03. The zero-order valence-electron chi connectivity index (χ0n) is 18.4. The minimum Gasteiger partial charge on any atom is -0.488 e. The van der Waals surface area contributed by atoms with E-state index in [9.17, 15) is 14.4 Å². The van der Waals surface area contributed by atoms with Crippen LogP contribution < -0.4 is 15.0 Å². The number of anilines is 1. The van der Waals surface area contributed by atoms with Gasteiger partial charge in [-0.3, -0.25) is 14.9 Å². The lowest BCUT2D eigenvalue weighted by Gasteiger charge is -2.26. The number of urea groups is 1. The number of aryl methyl sites for hydroxylation is 2. The molecule has 1 fully saturated rings. The molecule has 0 atom stereocenters. The first kappa shape index (κ1) is 23.7. The second-order valence-corrected chi connectivity index (χ2v) is 9.12. The van der Waals surface area contributed by atoms with E-state index in [0.717, 1.165) is 16.0 Å². The van der Waals surface area contributed by atoms with Gasteiger partial charge >= 0.3 is 6.03 Å². The van der Waals surface area contributed by atoms with Crippen molar-refractivity contribution in [2.24, 2.45) is 0 Å². The molecular formula is C26H20BrClN2O4. The van der Waals surface area contributed by atoms with E-state index in [0.29, 0.717) is 27.4 Å². The molecule has 1 saturated heterocycles. The maximum absolute atomic E-state index is 13.1. The van der Waals surface area contributed by atoms with Gasteiger partial charge in [-0.15, -0.1) is 0 Å². The van der Waals surface area contributed by atoms with Gasteiger partial charge < -0.3 is 4.74 Å². The van der Waals surface area contributed by atoms with E-state index < -0.39 is 17.8 Å². The lowest BCUT2D eigenvalue weighted by atomic mass is 10.1. The predicted octanol–water partition coefficient (Wildman–Crippen LogP) is 5.96. The number of imide groups is 2. The van der Waals surface area contributed by atoms with Crippen LogP contribution in [-0.4, -0.2) is 17.8 Å². The van der Waals surface area contributed by atoms with Crippen molar-refractivity contribution in [1.29, 1.82) is 0 Å². The monoisotopic (exact) mass is 538 g/mol. The maximum atomic E-state index is 13.1. The molecule has 8 heteroatoms. The van der Waals surface area contributed by atoms with Crippen molar-refractivity contribution in [3.63, 3.8) is 0 Å². The van der Waals surface area contributed by atoms with E-state index in [4.69, 9.17) is 16.3 Å². The van der Waals surface area contributed by atoms with Crippen LogP contribution in [0.4, 0.5) is 10.5 Å². The van der Waals surface area contributed by atoms with Gasteiger partial charge in [0.15, 0.2) is 0 Å². The summed E-state index contributed by atoms with van der Waals surface area (Å²) in [5, 5.41) is 2.62. The Labute approximate surface area is 210 Å². The number of nitrogens with one attached hydrogen (secondary N) is 1. The standard InChI is InChI=1S/C26H20BrClN2O4/c1-15-3-6-17(7-4-15)14-34-23-10-8-18(12-21(23)27)11-20-24(31)29-26(33)30(25(20)32)19-9-5-16(2)22(28)13-19/h3-13H,14H2,1-2H3,(H,29,31,33)/b20-11-. The van der Waals surface area contributed by atoms with Crippen molar-refractivity contribution < 1.29 is 19.1 Å². The number of nitrogens with zero attached hydrogens (tertiary/aromatic N) is 1. The predicted molar refractivity (Wildman–Crippen MR) is 135 cm³/mol. The third kappa shape index (κ3) is 5.05. The lowest BCUT2D eigenvalue weighted by molar-refractivity contribution is -0.122. The topological polar surface area (TPSA) is 75.7 Å². The first-order valence-corrected chi connectivity index (χ1v) is 11.6. The molecule has 0 saturated carbocycles. The first-order valence-electron chi connectivity index (χ1n) is 10.4. The van der Waals surface area contributed by atoms with Gasteiger partial charge in [0.05, 0.1) is 10.2 Å². The van der Waals surface area contributed by atoms with Crippen molar-refractivity contribution in [1.82, 2.24) is 5.32 Å². The molecule has 0 unspecified atom stereocenters. The highest BCUT2D eigenvalue weighted by Gasteiger charge is 2.37. The largest absolute Gasteiger partial charge is 0.488 e. The number of halogens is 2. The lowest BCUT2D eigenvalue weighted by Crippen LogP contribution is -2.54. The Morgan fingerprint density at radius 1 is 1.00 bits per heavy atom. The van der Waals surface area contributed by atoms with Gasteiger partial charge in [-0.2, -0.15) is 0 Å². The number of hydrogen-bond donors (Lipinski definition) is 1. The Bertz CT molecular complexity index is 1340. The Hall–Kier alpha value is -3.42. The minimum atomic E-state index is -0.826. The van der Waals surface area contributed by atoms with Crippen molar-refractivity contribution in [2.75, 3.05) is 4.90 Å². The molecule has 34 heavy (non-hydrogen) atoms. The van der Waals surface area contributed by atoms with Crippen molar-refractivity contribution in [2.45, 2.75) is 20.5 Å². The molecule has 3 aromatic rings. The number of hydrogen-bond acceptors (Lipinski definition) is 4. The van der Waals surface area contributed by atoms with Crippen molar-refractivity contribution >= 4 is 57.1 Å². The fourth-order valence-electron chi connectivity index (χ4n) is 3.35. The average Bonchev–Trinajstić information content (AvgIpc) is 2.79. The number of amides is 4. The van der Waals surface area contributed by atoms with Crippen molar-refractivity contribution in [3.05, 3.63) is 98.0 Å². The smallest absolute Gasteiger partial charge is 0.335 e. The summed E-state index contributed by atoms with van der Waals surface area (Å²) >= 11 is 9.64. The molecule has 0 bridgehead atoms. The van der Waals surface area contributed by atoms with E-state index in [1.165, 1.54) is 17.7 Å². The summed E-state index contributed by atoms with van der Waals surface area (Å²) in [6.07, 6.45) is 1.43. The molecule has 1 aliphatic rings. The van der Waals surface area contributed by atoms with Crippen LogP contribution >= 0.6 is 27.5 Å². The van der Waals surface area contributed by atoms with E-state index in [1.54, 1.807) is 30.3 Å². The molecule has 1 aliphatic heterocycles. The molecule has 1 N–H and O–H groups in total. The van der Waals surface area contributed by atoms with Gasteiger partial charge in [-0.25, -0.2) is 9.69 Å². The number of rotatable bonds is 5. The van der Waals surface area contributed by atoms with Gasteiger partial charge in [-0.1, -0.05) is 53.6 Å². The quantitative estimate of drug-likeness (QED) is 0.320. The van der Waals surface area contributed by atoms with Crippen LogP contribution in [0.25, 0.3) is 6.08 Å². The second-order valence-electron chi connectivity index (χ2n) is 7.86. The SMILES string of the molecule is Cc1ccc(COc2ccc(/C=C3/C(=O)NC(=O)N(c4ccc(C)c(Cl)c4)C3=O)cc2Br)cc1. The summed E-state index contributed by atoms with van der Waals surface area (Å²) in [6, 6.07) is 17.3. The number of carbonyl (C=O) groups excluding carboxylic acids is 3. The first-order chi connectivity index (χ1) is 16.2. The molecule has 3 aromatic carbocycles. The van der Waals surface area contributed by atoms with Crippen molar-refractivity contribution in [3.8, 4) is 5.75 Å². The van der Waals surface area contributed by atoms with E-state index in [-0.39, 0.29) is 11.3 Å².